The molecule has 140 valence electrons. The van der Waals surface area contributed by atoms with E-state index in [0.717, 1.165) is 49.5 Å². The number of nitrogens with zero attached hydrogens (tertiary/aromatic N) is 3. The van der Waals surface area contributed by atoms with E-state index >= 15 is 0 Å². The van der Waals surface area contributed by atoms with E-state index in [9.17, 15) is 9.90 Å². The SMILES string of the molecule is CCCC(C(=O)O)C1C(C)=NC(c2ccccc2)N=C1N1CCCCC1. The Morgan fingerprint density at radius 1 is 1.19 bits per heavy atom. The van der Waals surface area contributed by atoms with E-state index in [-0.39, 0.29) is 12.1 Å². The van der Waals surface area contributed by atoms with Gasteiger partial charge in [-0.05, 0) is 38.2 Å². The minimum absolute atomic E-state index is 0.217. The number of piperidine rings is 1. The summed E-state index contributed by atoms with van der Waals surface area (Å²) in [5, 5.41) is 9.84. The van der Waals surface area contributed by atoms with Crippen molar-refractivity contribution >= 4 is 17.5 Å². The van der Waals surface area contributed by atoms with E-state index in [0.29, 0.717) is 6.42 Å². The van der Waals surface area contributed by atoms with Crippen molar-refractivity contribution in [1.82, 2.24) is 4.90 Å². The number of rotatable bonds is 5. The van der Waals surface area contributed by atoms with E-state index in [1.165, 1.54) is 6.42 Å². The molecule has 0 bridgehead atoms. The van der Waals surface area contributed by atoms with Gasteiger partial charge in [-0.2, -0.15) is 0 Å². The van der Waals surface area contributed by atoms with Gasteiger partial charge in [0, 0.05) is 18.8 Å². The van der Waals surface area contributed by atoms with E-state index in [2.05, 4.69) is 4.90 Å². The molecule has 3 rings (SSSR count). The number of amidine groups is 1. The van der Waals surface area contributed by atoms with Gasteiger partial charge in [-0.3, -0.25) is 9.79 Å². The second-order valence-electron chi connectivity index (χ2n) is 7.30. The molecule has 0 spiro atoms. The molecule has 3 unspecified atom stereocenters. The zero-order valence-electron chi connectivity index (χ0n) is 15.8. The summed E-state index contributed by atoms with van der Waals surface area (Å²) in [5.41, 5.74) is 1.96. The molecule has 3 atom stereocenters. The molecule has 26 heavy (non-hydrogen) atoms. The number of carbonyl (C=O) groups is 1. The minimum Gasteiger partial charge on any atom is -0.481 e. The van der Waals surface area contributed by atoms with Crippen molar-refractivity contribution in [2.75, 3.05) is 13.1 Å². The Morgan fingerprint density at radius 3 is 2.50 bits per heavy atom. The van der Waals surface area contributed by atoms with Crippen LogP contribution in [0.3, 0.4) is 0 Å². The maximum atomic E-state index is 12.0. The fraction of sp³-hybridized carbons (Fsp3) is 0.571. The van der Waals surface area contributed by atoms with Gasteiger partial charge in [-0.15, -0.1) is 0 Å². The van der Waals surface area contributed by atoms with E-state index in [1.54, 1.807) is 0 Å². The number of carboxylic acids is 1. The number of benzene rings is 1. The molecule has 2 aliphatic rings. The highest BCUT2D eigenvalue weighted by atomic mass is 16.4. The third-order valence-electron chi connectivity index (χ3n) is 5.41. The number of hydrogen-bond donors (Lipinski definition) is 1. The van der Waals surface area contributed by atoms with Gasteiger partial charge < -0.3 is 10.0 Å². The summed E-state index contributed by atoms with van der Waals surface area (Å²) in [7, 11) is 0. The second-order valence-corrected chi connectivity index (χ2v) is 7.30. The molecule has 0 radical (unpaired) electrons. The van der Waals surface area contributed by atoms with Crippen molar-refractivity contribution in [3.05, 3.63) is 35.9 Å². The van der Waals surface area contributed by atoms with Crippen molar-refractivity contribution in [3.63, 3.8) is 0 Å². The first-order chi connectivity index (χ1) is 12.6. The van der Waals surface area contributed by atoms with Crippen molar-refractivity contribution in [1.29, 1.82) is 0 Å². The van der Waals surface area contributed by atoms with E-state index in [4.69, 9.17) is 9.98 Å². The minimum atomic E-state index is -0.741. The standard InChI is InChI=1S/C21H29N3O2/c1-3-10-17(21(25)26)18-15(2)22-19(16-11-6-4-7-12-16)23-20(18)24-13-8-5-9-14-24/h4,6-7,11-12,17-19H,3,5,8-10,13-14H2,1-2H3,(H,25,26). The summed E-state index contributed by atoms with van der Waals surface area (Å²) in [5.74, 6) is -0.479. The molecular weight excluding hydrogens is 326 g/mol. The lowest BCUT2D eigenvalue weighted by Gasteiger charge is -2.38. The molecule has 1 aromatic carbocycles. The maximum absolute atomic E-state index is 12.0. The van der Waals surface area contributed by atoms with E-state index in [1.807, 2.05) is 44.2 Å². The molecule has 2 heterocycles. The summed E-state index contributed by atoms with van der Waals surface area (Å²) in [4.78, 5) is 24.1. The first-order valence-electron chi connectivity index (χ1n) is 9.76. The van der Waals surface area contributed by atoms with Crippen LogP contribution in [0.5, 0.6) is 0 Å². The summed E-state index contributed by atoms with van der Waals surface area (Å²) >= 11 is 0. The lowest BCUT2D eigenvalue weighted by Crippen LogP contribution is -2.48. The van der Waals surface area contributed by atoms with Crippen molar-refractivity contribution < 1.29 is 9.90 Å². The van der Waals surface area contributed by atoms with Crippen LogP contribution in [0.25, 0.3) is 0 Å². The number of carboxylic acid groups (broad SMARTS) is 1. The van der Waals surface area contributed by atoms with Crippen LogP contribution in [0.1, 0.15) is 57.7 Å². The molecule has 1 saturated heterocycles. The van der Waals surface area contributed by atoms with Crippen LogP contribution in [-0.2, 0) is 4.79 Å². The Morgan fingerprint density at radius 2 is 1.88 bits per heavy atom. The Labute approximate surface area is 155 Å². The molecule has 1 fully saturated rings. The van der Waals surface area contributed by atoms with Crippen LogP contribution in [0.2, 0.25) is 0 Å². The smallest absolute Gasteiger partial charge is 0.307 e. The molecule has 2 aliphatic heterocycles. The first kappa shape index (κ1) is 18.6. The third-order valence-corrected chi connectivity index (χ3v) is 5.41. The van der Waals surface area contributed by atoms with Crippen LogP contribution in [0.15, 0.2) is 40.3 Å². The van der Waals surface area contributed by atoms with Crippen molar-refractivity contribution in [2.24, 2.45) is 21.8 Å². The number of aliphatic carboxylic acids is 1. The fourth-order valence-corrected chi connectivity index (χ4v) is 4.08. The van der Waals surface area contributed by atoms with Gasteiger partial charge in [0.1, 0.15) is 5.84 Å². The molecule has 1 N–H and O–H groups in total. The largest absolute Gasteiger partial charge is 0.481 e. The van der Waals surface area contributed by atoms with Gasteiger partial charge in [-0.1, -0.05) is 43.7 Å². The van der Waals surface area contributed by atoms with Crippen LogP contribution in [0, 0.1) is 11.8 Å². The summed E-state index contributed by atoms with van der Waals surface area (Å²) in [6.07, 6.45) is 4.75. The highest BCUT2D eigenvalue weighted by Gasteiger charge is 2.39. The molecular formula is C21H29N3O2. The summed E-state index contributed by atoms with van der Waals surface area (Å²) in [6, 6.07) is 10.1. The average Bonchev–Trinajstić information content (AvgIpc) is 2.67. The molecule has 0 aliphatic carbocycles. The van der Waals surface area contributed by atoms with Crippen molar-refractivity contribution in [3.8, 4) is 0 Å². The van der Waals surface area contributed by atoms with Gasteiger partial charge in [0.15, 0.2) is 6.17 Å². The lowest BCUT2D eigenvalue weighted by molar-refractivity contribution is -0.142. The monoisotopic (exact) mass is 355 g/mol. The van der Waals surface area contributed by atoms with Gasteiger partial charge in [0.25, 0.3) is 0 Å². The maximum Gasteiger partial charge on any atom is 0.307 e. The van der Waals surface area contributed by atoms with Gasteiger partial charge in [0.05, 0.1) is 11.8 Å². The second kappa shape index (κ2) is 8.47. The Kier molecular flexibility index (Phi) is 6.07. The lowest BCUT2D eigenvalue weighted by atomic mass is 9.82. The van der Waals surface area contributed by atoms with Gasteiger partial charge >= 0.3 is 5.97 Å². The Balaban J connectivity index is 1.99. The summed E-state index contributed by atoms with van der Waals surface area (Å²) < 4.78 is 0. The van der Waals surface area contributed by atoms with Gasteiger partial charge in [-0.25, -0.2) is 4.99 Å². The predicted octanol–water partition coefficient (Wildman–Crippen LogP) is 4.16. The number of likely N-dealkylation sites (tertiary alicyclic amines) is 1. The highest BCUT2D eigenvalue weighted by molar-refractivity contribution is 6.09. The Bertz CT molecular complexity index is 678. The molecule has 5 heteroatoms. The third kappa shape index (κ3) is 3.97. The van der Waals surface area contributed by atoms with Gasteiger partial charge in [0.2, 0.25) is 0 Å². The van der Waals surface area contributed by atoms with Crippen LogP contribution in [-0.4, -0.2) is 40.6 Å². The Hall–Kier alpha value is -2.17. The van der Waals surface area contributed by atoms with Crippen LogP contribution in [0.4, 0.5) is 0 Å². The quantitative estimate of drug-likeness (QED) is 0.862. The normalized spacial score (nSPS) is 24.6. The topological polar surface area (TPSA) is 65.3 Å². The molecule has 0 amide bonds. The number of aliphatic imine (C=N–C) groups is 2. The first-order valence-corrected chi connectivity index (χ1v) is 9.76. The fourth-order valence-electron chi connectivity index (χ4n) is 4.08. The molecule has 0 saturated carbocycles. The molecule has 5 nitrogen and oxygen atoms in total. The molecule has 0 aromatic heterocycles. The number of hydrogen-bond acceptors (Lipinski definition) is 4. The molecule has 1 aromatic rings. The van der Waals surface area contributed by atoms with E-state index < -0.39 is 11.9 Å². The van der Waals surface area contributed by atoms with Crippen LogP contribution >= 0.6 is 0 Å². The highest BCUT2D eigenvalue weighted by Crippen LogP contribution is 2.33. The van der Waals surface area contributed by atoms with Crippen molar-refractivity contribution in [2.45, 2.75) is 52.1 Å². The zero-order valence-corrected chi connectivity index (χ0v) is 15.8. The predicted molar refractivity (Wildman–Crippen MR) is 105 cm³/mol. The zero-order chi connectivity index (χ0) is 18.5. The average molecular weight is 355 g/mol. The van der Waals surface area contributed by atoms with Crippen LogP contribution < -0.4 is 0 Å². The summed E-state index contributed by atoms with van der Waals surface area (Å²) in [6.45, 7) is 5.94.